The molecular weight excluding hydrogens is 428 g/mol. The lowest BCUT2D eigenvalue weighted by Gasteiger charge is -2.15. The molecule has 0 bridgehead atoms. The average Bonchev–Trinajstić information content (AvgIpc) is 3.12. The fourth-order valence-corrected chi connectivity index (χ4v) is 1.99. The molecule has 0 aliphatic heterocycles. The van der Waals surface area contributed by atoms with E-state index in [1.807, 2.05) is 5.32 Å². The van der Waals surface area contributed by atoms with Gasteiger partial charge in [-0.15, -0.1) is 0 Å². The van der Waals surface area contributed by atoms with Crippen LogP contribution in [0.4, 0.5) is 23.2 Å². The minimum atomic E-state index is -4.88. The maximum Gasteiger partial charge on any atom is 0.412 e. The lowest BCUT2D eigenvalue weighted by molar-refractivity contribution is -0.162. The maximum absolute atomic E-state index is 13.2. The van der Waals surface area contributed by atoms with Gasteiger partial charge in [0.2, 0.25) is 11.6 Å². The van der Waals surface area contributed by atoms with Crippen molar-refractivity contribution in [2.75, 3.05) is 13.2 Å². The predicted octanol–water partition coefficient (Wildman–Crippen LogP) is 1.30. The number of amidine groups is 1. The van der Waals surface area contributed by atoms with Gasteiger partial charge in [0.1, 0.15) is 12.4 Å². The topological polar surface area (TPSA) is 148 Å². The normalized spacial score (nSPS) is 13.1. The number of aromatic nitrogens is 2. The standard InChI is InChI=1S/C14H13ClF4N6O4/c15-7-5-6(1-2-8(7)16)22-11(23-27)9-13(25-29-24-9)28-4-3-21-12(26)10(20)14(17,18)19/h1-2,5,10,27H,3-4,20H2,(H,21,26)(H,22,23). The van der Waals surface area contributed by atoms with Gasteiger partial charge in [0.25, 0.3) is 5.88 Å². The van der Waals surface area contributed by atoms with Gasteiger partial charge in [0.05, 0.1) is 17.3 Å². The predicted molar refractivity (Wildman–Crippen MR) is 89.4 cm³/mol. The number of hydroxylamine groups is 1. The number of nitrogens with zero attached hydrogens (tertiary/aromatic N) is 3. The van der Waals surface area contributed by atoms with Crippen LogP contribution in [0.3, 0.4) is 0 Å². The van der Waals surface area contributed by atoms with Crippen molar-refractivity contribution in [3.05, 3.63) is 34.7 Å². The number of alkyl halides is 3. The molecule has 15 heteroatoms. The van der Waals surface area contributed by atoms with Crippen LogP contribution in [0.15, 0.2) is 27.8 Å². The Morgan fingerprint density at radius 3 is 2.76 bits per heavy atom. The molecule has 0 aliphatic carbocycles. The van der Waals surface area contributed by atoms with E-state index in [-0.39, 0.29) is 41.3 Å². The molecule has 5 N–H and O–H groups in total. The van der Waals surface area contributed by atoms with E-state index in [1.165, 1.54) is 12.1 Å². The van der Waals surface area contributed by atoms with E-state index in [2.05, 4.69) is 19.9 Å². The van der Waals surface area contributed by atoms with Crippen molar-refractivity contribution in [2.24, 2.45) is 10.7 Å². The first-order valence-corrected chi connectivity index (χ1v) is 8.01. The van der Waals surface area contributed by atoms with E-state index in [0.29, 0.717) is 0 Å². The zero-order valence-electron chi connectivity index (χ0n) is 14.2. The number of carbonyl (C=O) groups is 1. The number of carbonyl (C=O) groups excluding carboxylic acids is 1. The summed E-state index contributed by atoms with van der Waals surface area (Å²) in [6.45, 7) is -0.680. The van der Waals surface area contributed by atoms with Gasteiger partial charge in [-0.1, -0.05) is 11.6 Å². The first kappa shape index (κ1) is 22.3. The Bertz CT molecular complexity index is 891. The lowest BCUT2D eigenvalue weighted by atomic mass is 10.3. The zero-order valence-corrected chi connectivity index (χ0v) is 15.0. The molecule has 2 aromatic rings. The molecule has 0 spiro atoms. The highest BCUT2D eigenvalue weighted by Gasteiger charge is 2.41. The summed E-state index contributed by atoms with van der Waals surface area (Å²) in [7, 11) is 0. The SMILES string of the molecule is NC(C(=O)NCCOc1nonc1C(=Nc1ccc(F)c(Cl)c1)NO)C(F)(F)F. The summed E-state index contributed by atoms with van der Waals surface area (Å²) in [6.07, 6.45) is -4.88. The first-order chi connectivity index (χ1) is 13.6. The highest BCUT2D eigenvalue weighted by molar-refractivity contribution is 6.31. The summed E-state index contributed by atoms with van der Waals surface area (Å²) < 4.78 is 59.8. The molecule has 1 heterocycles. The van der Waals surface area contributed by atoms with Gasteiger partial charge in [-0.25, -0.2) is 14.0 Å². The number of hydrogen-bond donors (Lipinski definition) is 4. The highest BCUT2D eigenvalue weighted by atomic mass is 35.5. The van der Waals surface area contributed by atoms with Crippen molar-refractivity contribution >= 4 is 29.0 Å². The molecule has 1 aromatic heterocycles. The molecule has 0 radical (unpaired) electrons. The van der Waals surface area contributed by atoms with E-state index in [1.54, 1.807) is 5.48 Å². The van der Waals surface area contributed by atoms with E-state index in [4.69, 9.17) is 22.1 Å². The van der Waals surface area contributed by atoms with Gasteiger partial charge in [-0.3, -0.25) is 15.5 Å². The van der Waals surface area contributed by atoms with Crippen LogP contribution in [0.5, 0.6) is 5.88 Å². The quantitative estimate of drug-likeness (QED) is 0.165. The van der Waals surface area contributed by atoms with E-state index in [0.717, 1.165) is 6.07 Å². The zero-order chi connectivity index (χ0) is 21.6. The van der Waals surface area contributed by atoms with Gasteiger partial charge >= 0.3 is 6.18 Å². The van der Waals surface area contributed by atoms with Crippen molar-refractivity contribution < 1.29 is 36.9 Å². The molecule has 0 saturated heterocycles. The minimum Gasteiger partial charge on any atom is -0.472 e. The fraction of sp³-hybridized carbons (Fsp3) is 0.286. The number of nitrogens with one attached hydrogen (secondary N) is 2. The van der Waals surface area contributed by atoms with Gasteiger partial charge in [-0.2, -0.15) is 13.2 Å². The number of halogens is 5. The van der Waals surface area contributed by atoms with Crippen LogP contribution >= 0.6 is 11.6 Å². The molecule has 0 fully saturated rings. The summed E-state index contributed by atoms with van der Waals surface area (Å²) in [5, 5.41) is 17.9. The maximum atomic E-state index is 13.2. The molecule has 0 saturated carbocycles. The second-order valence-corrected chi connectivity index (χ2v) is 5.65. The molecule has 10 nitrogen and oxygen atoms in total. The van der Waals surface area contributed by atoms with Gasteiger partial charge < -0.3 is 15.8 Å². The number of aliphatic imine (C=N–C) groups is 1. The number of ether oxygens (including phenoxy) is 1. The van der Waals surface area contributed by atoms with Gasteiger partial charge in [0.15, 0.2) is 11.9 Å². The number of nitrogens with two attached hydrogens (primary N) is 1. The van der Waals surface area contributed by atoms with Crippen LogP contribution in [-0.4, -0.2) is 52.6 Å². The third-order valence-corrected chi connectivity index (χ3v) is 3.50. The number of rotatable bonds is 7. The molecule has 1 amide bonds. The van der Waals surface area contributed by atoms with Crippen molar-refractivity contribution in [3.8, 4) is 5.88 Å². The van der Waals surface area contributed by atoms with Crippen molar-refractivity contribution in [3.63, 3.8) is 0 Å². The summed E-state index contributed by atoms with van der Waals surface area (Å²) in [5.41, 5.74) is 6.39. The first-order valence-electron chi connectivity index (χ1n) is 7.63. The summed E-state index contributed by atoms with van der Waals surface area (Å²) in [6, 6.07) is 0.794. The summed E-state index contributed by atoms with van der Waals surface area (Å²) in [4.78, 5) is 15.2. The number of hydrogen-bond acceptors (Lipinski definition) is 8. The molecular formula is C14H13ClF4N6O4. The minimum absolute atomic E-state index is 0.135. The molecule has 29 heavy (non-hydrogen) atoms. The van der Waals surface area contributed by atoms with Gasteiger partial charge in [0, 0.05) is 0 Å². The Hall–Kier alpha value is -2.97. The average molecular weight is 441 g/mol. The molecule has 158 valence electrons. The van der Waals surface area contributed by atoms with Crippen molar-refractivity contribution in [1.82, 2.24) is 21.1 Å². The fourth-order valence-electron chi connectivity index (χ4n) is 1.81. The Labute approximate surface area is 164 Å². The Morgan fingerprint density at radius 2 is 2.14 bits per heavy atom. The van der Waals surface area contributed by atoms with Crippen LogP contribution < -0.4 is 21.3 Å². The van der Waals surface area contributed by atoms with Crippen LogP contribution in [0.2, 0.25) is 5.02 Å². The molecule has 1 unspecified atom stereocenters. The molecule has 0 aliphatic rings. The Kier molecular flexibility index (Phi) is 7.30. The molecule has 1 atom stereocenters. The van der Waals surface area contributed by atoms with Crippen molar-refractivity contribution in [2.45, 2.75) is 12.2 Å². The number of benzene rings is 1. The summed E-state index contributed by atoms with van der Waals surface area (Å²) >= 11 is 5.64. The van der Waals surface area contributed by atoms with Crippen molar-refractivity contribution in [1.29, 1.82) is 0 Å². The van der Waals surface area contributed by atoms with Crippen LogP contribution in [0, 0.1) is 5.82 Å². The Morgan fingerprint density at radius 1 is 1.41 bits per heavy atom. The third-order valence-electron chi connectivity index (χ3n) is 3.21. The lowest BCUT2D eigenvalue weighted by Crippen LogP contribution is -2.50. The number of amides is 1. The van der Waals surface area contributed by atoms with Gasteiger partial charge in [-0.05, 0) is 28.5 Å². The third kappa shape index (κ3) is 6.00. The second-order valence-electron chi connectivity index (χ2n) is 5.25. The largest absolute Gasteiger partial charge is 0.472 e. The van der Waals surface area contributed by atoms with E-state index >= 15 is 0 Å². The highest BCUT2D eigenvalue weighted by Crippen LogP contribution is 2.23. The van der Waals surface area contributed by atoms with E-state index < -0.39 is 23.9 Å². The second kappa shape index (κ2) is 9.49. The van der Waals surface area contributed by atoms with E-state index in [9.17, 15) is 27.6 Å². The monoisotopic (exact) mass is 440 g/mol. The molecule has 2 rings (SSSR count). The van der Waals surface area contributed by atoms with Crippen LogP contribution in [0.25, 0.3) is 0 Å². The van der Waals surface area contributed by atoms with Crippen LogP contribution in [-0.2, 0) is 4.79 Å². The molecule has 1 aromatic carbocycles. The van der Waals surface area contributed by atoms with Crippen LogP contribution in [0.1, 0.15) is 5.69 Å². The Balaban J connectivity index is 2.01. The smallest absolute Gasteiger partial charge is 0.412 e. The summed E-state index contributed by atoms with van der Waals surface area (Å²) in [5.74, 6) is -2.73.